The second-order valence-electron chi connectivity index (χ2n) is 4.73. The van der Waals surface area contributed by atoms with Crippen molar-refractivity contribution in [3.05, 3.63) is 28.1 Å². The highest BCUT2D eigenvalue weighted by Gasteiger charge is 2.19. The number of ether oxygens (including phenoxy) is 2. The predicted molar refractivity (Wildman–Crippen MR) is 73.7 cm³/mol. The Hall–Kier alpha value is -1.82. The van der Waals surface area contributed by atoms with E-state index in [1.165, 1.54) is 24.5 Å². The van der Waals surface area contributed by atoms with Gasteiger partial charge in [-0.05, 0) is 49.2 Å². The summed E-state index contributed by atoms with van der Waals surface area (Å²) in [6, 6.07) is 1.82. The molecule has 6 heteroatoms. The summed E-state index contributed by atoms with van der Waals surface area (Å²) in [4.78, 5) is 23.2. The largest absolute Gasteiger partial charge is 0.464 e. The summed E-state index contributed by atoms with van der Waals surface area (Å²) in [5.41, 5.74) is 0.213. The van der Waals surface area contributed by atoms with Gasteiger partial charge in [0.2, 0.25) is 0 Å². The number of rotatable bonds is 3. The molecule has 0 aliphatic heterocycles. The summed E-state index contributed by atoms with van der Waals surface area (Å²) in [7, 11) is 1.25. The molecule has 0 bridgehead atoms. The van der Waals surface area contributed by atoms with Crippen LogP contribution in [0.3, 0.4) is 0 Å². The van der Waals surface area contributed by atoms with Crippen LogP contribution in [-0.2, 0) is 14.3 Å². The number of thiophene rings is 1. The standard InChI is InChI=1S/C13H17NO4S/c1-13(2,3)18-12(16)14-10(11(15)17-4)7-9-5-6-19-8-9/h5-8H,1-4H3,(H,14,16)/b10-7-. The van der Waals surface area contributed by atoms with Crippen molar-refractivity contribution in [3.8, 4) is 0 Å². The number of carbonyl (C=O) groups is 2. The number of amides is 1. The van der Waals surface area contributed by atoms with E-state index in [1.807, 2.05) is 16.8 Å². The lowest BCUT2D eigenvalue weighted by Gasteiger charge is -2.20. The third-order valence-corrected chi connectivity index (χ3v) is 2.60. The lowest BCUT2D eigenvalue weighted by molar-refractivity contribution is -0.136. The lowest BCUT2D eigenvalue weighted by Crippen LogP contribution is -2.34. The molecular weight excluding hydrogens is 266 g/mol. The zero-order valence-electron chi connectivity index (χ0n) is 11.4. The normalized spacial score (nSPS) is 11.9. The van der Waals surface area contributed by atoms with E-state index in [4.69, 9.17) is 4.74 Å². The Bertz CT molecular complexity index is 471. The minimum Gasteiger partial charge on any atom is -0.464 e. The van der Waals surface area contributed by atoms with Crippen LogP contribution in [0.4, 0.5) is 4.79 Å². The van der Waals surface area contributed by atoms with E-state index in [2.05, 4.69) is 10.1 Å². The molecule has 0 aliphatic rings. The first-order chi connectivity index (χ1) is 8.81. The molecule has 0 spiro atoms. The highest BCUT2D eigenvalue weighted by molar-refractivity contribution is 7.08. The summed E-state index contributed by atoms with van der Waals surface area (Å²) in [5.74, 6) is -0.628. The molecule has 0 fully saturated rings. The first kappa shape index (κ1) is 15.2. The van der Waals surface area contributed by atoms with Crippen molar-refractivity contribution < 1.29 is 19.1 Å². The zero-order valence-corrected chi connectivity index (χ0v) is 12.2. The van der Waals surface area contributed by atoms with Crippen LogP contribution in [0.25, 0.3) is 6.08 Å². The molecule has 0 unspecified atom stereocenters. The molecule has 1 amide bonds. The molecular formula is C13H17NO4S. The molecule has 0 saturated heterocycles. The van der Waals surface area contributed by atoms with E-state index in [1.54, 1.807) is 20.8 Å². The van der Waals surface area contributed by atoms with Crippen molar-refractivity contribution in [1.29, 1.82) is 0 Å². The second-order valence-corrected chi connectivity index (χ2v) is 5.51. The van der Waals surface area contributed by atoms with Crippen LogP contribution in [0, 0.1) is 0 Å². The third kappa shape index (κ3) is 5.56. The molecule has 5 nitrogen and oxygen atoms in total. The van der Waals surface area contributed by atoms with Crippen molar-refractivity contribution in [3.63, 3.8) is 0 Å². The van der Waals surface area contributed by atoms with Gasteiger partial charge in [-0.25, -0.2) is 9.59 Å². The summed E-state index contributed by atoms with van der Waals surface area (Å²) in [6.45, 7) is 5.23. The van der Waals surface area contributed by atoms with Crippen molar-refractivity contribution in [2.45, 2.75) is 26.4 Å². The van der Waals surface area contributed by atoms with Gasteiger partial charge in [0.05, 0.1) is 7.11 Å². The molecule has 0 aliphatic carbocycles. The van der Waals surface area contributed by atoms with E-state index in [0.29, 0.717) is 0 Å². The fourth-order valence-corrected chi connectivity index (χ4v) is 1.81. The van der Waals surface area contributed by atoms with E-state index in [0.717, 1.165) is 5.56 Å². The Morgan fingerprint density at radius 3 is 2.53 bits per heavy atom. The molecule has 1 heterocycles. The molecule has 1 N–H and O–H groups in total. The average molecular weight is 283 g/mol. The van der Waals surface area contributed by atoms with Gasteiger partial charge in [-0.2, -0.15) is 11.3 Å². The maximum atomic E-state index is 11.6. The van der Waals surface area contributed by atoms with Crippen LogP contribution in [0.2, 0.25) is 0 Å². The highest BCUT2D eigenvalue weighted by atomic mass is 32.1. The Morgan fingerprint density at radius 1 is 1.37 bits per heavy atom. The van der Waals surface area contributed by atoms with E-state index < -0.39 is 17.7 Å². The van der Waals surface area contributed by atoms with Crippen molar-refractivity contribution in [2.24, 2.45) is 0 Å². The number of hydrogen-bond donors (Lipinski definition) is 1. The quantitative estimate of drug-likeness (QED) is 0.684. The summed E-state index contributed by atoms with van der Waals surface area (Å²) < 4.78 is 9.70. The molecule has 0 saturated carbocycles. The van der Waals surface area contributed by atoms with Gasteiger partial charge in [0.15, 0.2) is 0 Å². The number of alkyl carbamates (subject to hydrolysis) is 1. The molecule has 1 aromatic rings. The Kier molecular flexibility index (Phi) is 5.11. The smallest absolute Gasteiger partial charge is 0.412 e. The molecule has 0 radical (unpaired) electrons. The number of hydrogen-bond acceptors (Lipinski definition) is 5. The molecule has 104 valence electrons. The SMILES string of the molecule is COC(=O)/C(=C/c1ccsc1)NC(=O)OC(C)(C)C. The van der Waals surface area contributed by atoms with E-state index in [9.17, 15) is 9.59 Å². The molecule has 0 aromatic carbocycles. The second kappa shape index (κ2) is 6.38. The third-order valence-electron chi connectivity index (χ3n) is 1.90. The summed E-state index contributed by atoms with van der Waals surface area (Å²) >= 11 is 1.49. The minimum absolute atomic E-state index is 0.0372. The minimum atomic E-state index is -0.695. The van der Waals surface area contributed by atoms with Crippen molar-refractivity contribution >= 4 is 29.5 Å². The van der Waals surface area contributed by atoms with Crippen LogP contribution in [0.1, 0.15) is 26.3 Å². The maximum absolute atomic E-state index is 11.6. The number of nitrogens with one attached hydrogen (secondary N) is 1. The van der Waals surface area contributed by atoms with Gasteiger partial charge in [0.25, 0.3) is 0 Å². The van der Waals surface area contributed by atoms with E-state index >= 15 is 0 Å². The zero-order chi connectivity index (χ0) is 14.5. The van der Waals surface area contributed by atoms with Gasteiger partial charge in [-0.1, -0.05) is 0 Å². The lowest BCUT2D eigenvalue weighted by atomic mass is 10.2. The highest BCUT2D eigenvalue weighted by Crippen LogP contribution is 2.12. The van der Waals surface area contributed by atoms with Gasteiger partial charge >= 0.3 is 12.1 Å². The predicted octanol–water partition coefficient (Wildman–Crippen LogP) is 2.79. The van der Waals surface area contributed by atoms with Gasteiger partial charge in [0.1, 0.15) is 11.3 Å². The molecule has 0 atom stereocenters. The van der Waals surface area contributed by atoms with Crippen LogP contribution < -0.4 is 5.32 Å². The Labute approximate surface area is 116 Å². The topological polar surface area (TPSA) is 64.6 Å². The molecule has 1 aromatic heterocycles. The van der Waals surface area contributed by atoms with Gasteiger partial charge in [0, 0.05) is 0 Å². The summed E-state index contributed by atoms with van der Waals surface area (Å²) in [6.07, 6.45) is 0.839. The number of carbonyl (C=O) groups excluding carboxylic acids is 2. The van der Waals surface area contributed by atoms with Crippen molar-refractivity contribution in [1.82, 2.24) is 5.32 Å². The van der Waals surface area contributed by atoms with Crippen LogP contribution in [0.5, 0.6) is 0 Å². The number of methoxy groups -OCH3 is 1. The average Bonchev–Trinajstić information content (AvgIpc) is 2.77. The van der Waals surface area contributed by atoms with Gasteiger partial charge < -0.3 is 9.47 Å². The van der Waals surface area contributed by atoms with Crippen LogP contribution in [0.15, 0.2) is 22.5 Å². The van der Waals surface area contributed by atoms with Gasteiger partial charge in [-0.15, -0.1) is 0 Å². The fourth-order valence-electron chi connectivity index (χ4n) is 1.19. The monoisotopic (exact) mass is 283 g/mol. The first-order valence-corrected chi connectivity index (χ1v) is 6.58. The van der Waals surface area contributed by atoms with Crippen LogP contribution in [-0.4, -0.2) is 24.8 Å². The van der Waals surface area contributed by atoms with Gasteiger partial charge in [-0.3, -0.25) is 5.32 Å². The van der Waals surface area contributed by atoms with E-state index in [-0.39, 0.29) is 5.70 Å². The summed E-state index contributed by atoms with van der Waals surface area (Å²) in [5, 5.41) is 6.11. The number of esters is 1. The molecule has 19 heavy (non-hydrogen) atoms. The molecule has 1 rings (SSSR count). The Balaban J connectivity index is 2.82. The fraction of sp³-hybridized carbons (Fsp3) is 0.385. The van der Waals surface area contributed by atoms with Crippen LogP contribution >= 0.6 is 11.3 Å². The maximum Gasteiger partial charge on any atom is 0.412 e. The van der Waals surface area contributed by atoms with Crippen molar-refractivity contribution in [2.75, 3.05) is 7.11 Å². The first-order valence-electron chi connectivity index (χ1n) is 5.64. The Morgan fingerprint density at radius 2 is 2.05 bits per heavy atom.